The predicted molar refractivity (Wildman–Crippen MR) is 43.9 cm³/mol. The first-order valence-electron chi connectivity index (χ1n) is 3.57. The van der Waals surface area contributed by atoms with Crippen LogP contribution in [0.25, 0.3) is 11.3 Å². The van der Waals surface area contributed by atoms with Gasteiger partial charge < -0.3 is 0 Å². The van der Waals surface area contributed by atoms with Gasteiger partial charge in [0.25, 0.3) is 0 Å². The van der Waals surface area contributed by atoms with Crippen LogP contribution in [0.2, 0.25) is 0 Å². The number of hydrogen-bond donors (Lipinski definition) is 1. The number of nitrogens with zero attached hydrogens (tertiary/aromatic N) is 3. The molecule has 0 aliphatic heterocycles. The average Bonchev–Trinajstić information content (AvgIpc) is 2.28. The SMILES string of the molecule is Cc1cnc2c(n1)[nH]c(=O)n2C. The Labute approximate surface area is 68.1 Å². The summed E-state index contributed by atoms with van der Waals surface area (Å²) in [6.45, 7) is 1.83. The minimum Gasteiger partial charge on any atom is -0.289 e. The monoisotopic (exact) mass is 164 g/mol. The molecule has 2 rings (SSSR count). The van der Waals surface area contributed by atoms with Gasteiger partial charge in [-0.05, 0) is 6.92 Å². The summed E-state index contributed by atoms with van der Waals surface area (Å²) in [7, 11) is 1.66. The largest absolute Gasteiger partial charge is 0.328 e. The average molecular weight is 164 g/mol. The number of aromatic nitrogens is 4. The van der Waals surface area contributed by atoms with Crippen molar-refractivity contribution in [2.24, 2.45) is 7.05 Å². The molecule has 0 aliphatic carbocycles. The number of hydrogen-bond acceptors (Lipinski definition) is 3. The lowest BCUT2D eigenvalue weighted by molar-refractivity contribution is 0.878. The molecule has 2 heterocycles. The first-order chi connectivity index (χ1) is 5.68. The Hall–Kier alpha value is -1.65. The van der Waals surface area contributed by atoms with Crippen molar-refractivity contribution in [2.75, 3.05) is 0 Å². The molecule has 0 atom stereocenters. The second kappa shape index (κ2) is 2.17. The third-order valence-electron chi connectivity index (χ3n) is 1.72. The molecule has 0 unspecified atom stereocenters. The lowest BCUT2D eigenvalue weighted by atomic mass is 10.5. The van der Waals surface area contributed by atoms with Gasteiger partial charge in [0.1, 0.15) is 0 Å². The van der Waals surface area contributed by atoms with Gasteiger partial charge in [-0.2, -0.15) is 0 Å². The zero-order valence-electron chi connectivity index (χ0n) is 6.83. The molecule has 62 valence electrons. The minimum absolute atomic E-state index is 0.185. The molecule has 0 spiro atoms. The molecule has 0 bridgehead atoms. The van der Waals surface area contributed by atoms with Crippen molar-refractivity contribution < 1.29 is 0 Å². The van der Waals surface area contributed by atoms with E-state index in [1.165, 1.54) is 4.57 Å². The highest BCUT2D eigenvalue weighted by Crippen LogP contribution is 2.01. The molecule has 5 nitrogen and oxygen atoms in total. The standard InChI is InChI=1S/C7H8N4O/c1-4-3-8-6-5(9-4)10-7(12)11(6)2/h3H,1-2H3,(H,9,10,12). The fourth-order valence-electron chi connectivity index (χ4n) is 1.08. The van der Waals surface area contributed by atoms with Gasteiger partial charge in [0.05, 0.1) is 11.9 Å². The van der Waals surface area contributed by atoms with Gasteiger partial charge in [0.15, 0.2) is 11.3 Å². The Morgan fingerprint density at radius 1 is 1.58 bits per heavy atom. The normalized spacial score (nSPS) is 10.8. The Morgan fingerprint density at radius 2 is 2.33 bits per heavy atom. The highest BCUT2D eigenvalue weighted by atomic mass is 16.1. The molecule has 2 aromatic heterocycles. The summed E-state index contributed by atoms with van der Waals surface area (Å²) < 4.78 is 1.43. The number of rotatable bonds is 0. The number of aryl methyl sites for hydroxylation is 2. The van der Waals surface area contributed by atoms with Gasteiger partial charge in [0, 0.05) is 7.05 Å². The molecule has 1 N–H and O–H groups in total. The van der Waals surface area contributed by atoms with Gasteiger partial charge in [0.2, 0.25) is 0 Å². The van der Waals surface area contributed by atoms with Crippen LogP contribution in [-0.4, -0.2) is 19.5 Å². The van der Waals surface area contributed by atoms with Crippen molar-refractivity contribution in [3.63, 3.8) is 0 Å². The molecular weight excluding hydrogens is 156 g/mol. The van der Waals surface area contributed by atoms with E-state index in [0.29, 0.717) is 11.3 Å². The molecule has 0 saturated heterocycles. The van der Waals surface area contributed by atoms with Crippen LogP contribution in [0, 0.1) is 6.92 Å². The molecule has 12 heavy (non-hydrogen) atoms. The number of aromatic amines is 1. The van der Waals surface area contributed by atoms with Crippen LogP contribution in [0.5, 0.6) is 0 Å². The number of imidazole rings is 1. The molecule has 0 saturated carbocycles. The summed E-state index contributed by atoms with van der Waals surface area (Å²) >= 11 is 0. The first kappa shape index (κ1) is 7.02. The summed E-state index contributed by atoms with van der Waals surface area (Å²) in [5, 5.41) is 0. The van der Waals surface area contributed by atoms with E-state index < -0.39 is 0 Å². The predicted octanol–water partition coefficient (Wildman–Crippen LogP) is -0.0350. The molecule has 0 amide bonds. The zero-order chi connectivity index (χ0) is 8.72. The van der Waals surface area contributed by atoms with Crippen molar-refractivity contribution in [1.29, 1.82) is 0 Å². The summed E-state index contributed by atoms with van der Waals surface area (Å²) in [5.41, 5.74) is 1.74. The van der Waals surface area contributed by atoms with Crippen molar-refractivity contribution in [3.05, 3.63) is 22.4 Å². The molecule has 0 aromatic carbocycles. The van der Waals surface area contributed by atoms with Crippen molar-refractivity contribution >= 4 is 11.3 Å². The van der Waals surface area contributed by atoms with Gasteiger partial charge in [-0.15, -0.1) is 0 Å². The van der Waals surface area contributed by atoms with E-state index in [1.54, 1.807) is 13.2 Å². The molecule has 0 radical (unpaired) electrons. The quantitative estimate of drug-likeness (QED) is 0.594. The fraction of sp³-hybridized carbons (Fsp3) is 0.286. The first-order valence-corrected chi connectivity index (χ1v) is 3.57. The van der Waals surface area contributed by atoms with Crippen LogP contribution in [0.4, 0.5) is 0 Å². The second-order valence-electron chi connectivity index (χ2n) is 2.67. The van der Waals surface area contributed by atoms with Gasteiger partial charge in [-0.3, -0.25) is 9.55 Å². The third-order valence-corrected chi connectivity index (χ3v) is 1.72. The van der Waals surface area contributed by atoms with Gasteiger partial charge in [-0.1, -0.05) is 0 Å². The summed E-state index contributed by atoms with van der Waals surface area (Å²) in [5.74, 6) is 0. The molecule has 0 aliphatic rings. The molecule has 2 aromatic rings. The summed E-state index contributed by atoms with van der Waals surface area (Å²) in [6.07, 6.45) is 1.63. The third kappa shape index (κ3) is 0.827. The maximum Gasteiger partial charge on any atom is 0.328 e. The highest BCUT2D eigenvalue weighted by molar-refractivity contribution is 5.64. The van der Waals surface area contributed by atoms with Crippen LogP contribution < -0.4 is 5.69 Å². The minimum atomic E-state index is -0.185. The Kier molecular flexibility index (Phi) is 1.27. The van der Waals surface area contributed by atoms with E-state index in [-0.39, 0.29) is 5.69 Å². The van der Waals surface area contributed by atoms with Crippen molar-refractivity contribution in [2.45, 2.75) is 6.92 Å². The lowest BCUT2D eigenvalue weighted by Gasteiger charge is -1.91. The van der Waals surface area contributed by atoms with Crippen LogP contribution in [0.1, 0.15) is 5.69 Å². The van der Waals surface area contributed by atoms with Crippen LogP contribution >= 0.6 is 0 Å². The zero-order valence-corrected chi connectivity index (χ0v) is 6.83. The van der Waals surface area contributed by atoms with Gasteiger partial charge in [-0.25, -0.2) is 14.8 Å². The van der Waals surface area contributed by atoms with E-state index in [9.17, 15) is 4.79 Å². The fourth-order valence-corrected chi connectivity index (χ4v) is 1.08. The number of fused-ring (bicyclic) bond motifs is 1. The molecule has 5 heteroatoms. The summed E-state index contributed by atoms with van der Waals surface area (Å²) in [4.78, 5) is 21.9. The maximum absolute atomic E-state index is 11.1. The van der Waals surface area contributed by atoms with Crippen LogP contribution in [0.15, 0.2) is 11.0 Å². The smallest absolute Gasteiger partial charge is 0.289 e. The maximum atomic E-state index is 11.1. The van der Waals surface area contributed by atoms with E-state index in [4.69, 9.17) is 0 Å². The van der Waals surface area contributed by atoms with Crippen LogP contribution in [-0.2, 0) is 7.05 Å². The van der Waals surface area contributed by atoms with Crippen molar-refractivity contribution in [1.82, 2.24) is 19.5 Å². The van der Waals surface area contributed by atoms with E-state index in [2.05, 4.69) is 15.0 Å². The lowest BCUT2D eigenvalue weighted by Crippen LogP contribution is -2.12. The second-order valence-corrected chi connectivity index (χ2v) is 2.67. The number of nitrogens with one attached hydrogen (secondary N) is 1. The highest BCUT2D eigenvalue weighted by Gasteiger charge is 2.04. The van der Waals surface area contributed by atoms with E-state index in [0.717, 1.165) is 5.69 Å². The van der Waals surface area contributed by atoms with E-state index in [1.807, 2.05) is 6.92 Å². The topological polar surface area (TPSA) is 63.6 Å². The van der Waals surface area contributed by atoms with Gasteiger partial charge >= 0.3 is 5.69 Å². The summed E-state index contributed by atoms with van der Waals surface area (Å²) in [6, 6.07) is 0. The Bertz CT molecular complexity index is 482. The molecular formula is C7H8N4O. The number of H-pyrrole nitrogens is 1. The van der Waals surface area contributed by atoms with Crippen LogP contribution in [0.3, 0.4) is 0 Å². The van der Waals surface area contributed by atoms with Crippen molar-refractivity contribution in [3.8, 4) is 0 Å². The van der Waals surface area contributed by atoms with E-state index >= 15 is 0 Å². The molecule has 0 fully saturated rings. The Morgan fingerprint density at radius 3 is 3.08 bits per heavy atom. The Balaban J connectivity index is 2.96.